The van der Waals surface area contributed by atoms with Gasteiger partial charge in [-0.3, -0.25) is 14.5 Å². The second-order valence-electron chi connectivity index (χ2n) is 4.07. The summed E-state index contributed by atoms with van der Waals surface area (Å²) in [5.41, 5.74) is 5.16. The molecule has 0 aliphatic rings. The predicted molar refractivity (Wildman–Crippen MR) is 62.0 cm³/mol. The zero-order valence-electron chi connectivity index (χ0n) is 10.1. The number of hydrogen-bond donors (Lipinski definition) is 2. The lowest BCUT2D eigenvalue weighted by molar-refractivity contribution is -0.137. The fourth-order valence-electron chi connectivity index (χ4n) is 1.53. The highest BCUT2D eigenvalue weighted by Gasteiger charge is 2.16. The zero-order chi connectivity index (χ0) is 12.6. The first kappa shape index (κ1) is 14.9. The Kier molecular flexibility index (Phi) is 7.54. The maximum atomic E-state index is 10.9. The fourth-order valence-corrected chi connectivity index (χ4v) is 1.53. The van der Waals surface area contributed by atoms with Crippen LogP contribution in [0.25, 0.3) is 0 Å². The van der Waals surface area contributed by atoms with E-state index in [1.54, 1.807) is 0 Å². The van der Waals surface area contributed by atoms with Crippen LogP contribution in [0.3, 0.4) is 0 Å². The van der Waals surface area contributed by atoms with E-state index in [1.165, 1.54) is 0 Å². The highest BCUT2D eigenvalue weighted by molar-refractivity contribution is 5.76. The number of nitrogens with two attached hydrogens (primary N) is 1. The summed E-state index contributed by atoms with van der Waals surface area (Å²) in [6, 6.07) is 0.0788. The molecule has 5 nitrogen and oxygen atoms in total. The molecule has 94 valence electrons. The summed E-state index contributed by atoms with van der Waals surface area (Å²) in [7, 11) is 0. The van der Waals surface area contributed by atoms with Gasteiger partial charge < -0.3 is 10.8 Å². The van der Waals surface area contributed by atoms with Crippen molar-refractivity contribution >= 4 is 11.9 Å². The van der Waals surface area contributed by atoms with Crippen molar-refractivity contribution in [1.82, 2.24) is 4.90 Å². The molecule has 0 saturated carbocycles. The van der Waals surface area contributed by atoms with Gasteiger partial charge in [-0.15, -0.1) is 0 Å². The van der Waals surface area contributed by atoms with Gasteiger partial charge in [0.15, 0.2) is 0 Å². The summed E-state index contributed by atoms with van der Waals surface area (Å²) in [6.07, 6.45) is 2.71. The third-order valence-electron chi connectivity index (χ3n) is 2.56. The van der Waals surface area contributed by atoms with Gasteiger partial charge in [0.2, 0.25) is 5.91 Å². The van der Waals surface area contributed by atoms with Gasteiger partial charge in [0.05, 0.1) is 6.54 Å². The molecule has 1 unspecified atom stereocenters. The number of carboxylic acid groups (broad SMARTS) is 1. The van der Waals surface area contributed by atoms with Crippen LogP contribution in [0.1, 0.15) is 39.5 Å². The molecule has 0 rings (SSSR count). The monoisotopic (exact) mass is 230 g/mol. The van der Waals surface area contributed by atoms with E-state index in [2.05, 4.69) is 6.92 Å². The van der Waals surface area contributed by atoms with Gasteiger partial charge in [0, 0.05) is 12.5 Å². The first-order valence-electron chi connectivity index (χ1n) is 5.71. The Bertz CT molecular complexity index is 231. The van der Waals surface area contributed by atoms with Gasteiger partial charge in [0.1, 0.15) is 0 Å². The Labute approximate surface area is 96.6 Å². The normalized spacial score (nSPS) is 12.7. The lowest BCUT2D eigenvalue weighted by Gasteiger charge is -2.27. The molecular formula is C11H22N2O3. The van der Waals surface area contributed by atoms with Gasteiger partial charge in [-0.25, -0.2) is 0 Å². The minimum absolute atomic E-state index is 0.0788. The minimum Gasteiger partial charge on any atom is -0.481 e. The summed E-state index contributed by atoms with van der Waals surface area (Å²) in [6.45, 7) is 5.01. The molecule has 16 heavy (non-hydrogen) atoms. The number of rotatable bonds is 9. The van der Waals surface area contributed by atoms with Gasteiger partial charge in [-0.05, 0) is 26.3 Å². The molecule has 0 bridgehead atoms. The Balaban J connectivity index is 4.13. The van der Waals surface area contributed by atoms with Crippen LogP contribution in [0.4, 0.5) is 0 Å². The van der Waals surface area contributed by atoms with E-state index in [0.29, 0.717) is 6.42 Å². The number of nitrogens with zero attached hydrogens (tertiary/aromatic N) is 1. The van der Waals surface area contributed by atoms with Crippen molar-refractivity contribution in [2.45, 2.75) is 45.6 Å². The number of carbonyl (C=O) groups excluding carboxylic acids is 1. The Morgan fingerprint density at radius 3 is 2.50 bits per heavy atom. The number of aliphatic carboxylic acids is 1. The molecule has 5 heteroatoms. The minimum atomic E-state index is -0.804. The van der Waals surface area contributed by atoms with Crippen molar-refractivity contribution in [1.29, 1.82) is 0 Å². The quantitative estimate of drug-likeness (QED) is 0.614. The maximum Gasteiger partial charge on any atom is 0.303 e. The molecule has 0 aliphatic heterocycles. The Morgan fingerprint density at radius 2 is 2.06 bits per heavy atom. The van der Waals surface area contributed by atoms with E-state index in [9.17, 15) is 9.59 Å². The molecule has 0 aromatic carbocycles. The highest BCUT2D eigenvalue weighted by Crippen LogP contribution is 2.08. The molecule has 0 fully saturated rings. The van der Waals surface area contributed by atoms with Crippen LogP contribution in [-0.4, -0.2) is 41.0 Å². The molecule has 1 amide bonds. The molecule has 0 aliphatic carbocycles. The third kappa shape index (κ3) is 7.23. The third-order valence-corrected chi connectivity index (χ3v) is 2.56. The van der Waals surface area contributed by atoms with Crippen molar-refractivity contribution in [2.75, 3.05) is 13.1 Å². The number of amides is 1. The second kappa shape index (κ2) is 8.10. The van der Waals surface area contributed by atoms with E-state index in [1.807, 2.05) is 11.8 Å². The van der Waals surface area contributed by atoms with Gasteiger partial charge in [-0.1, -0.05) is 13.3 Å². The molecule has 1 atom stereocenters. The first-order chi connectivity index (χ1) is 7.47. The fraction of sp³-hybridized carbons (Fsp3) is 0.818. The maximum absolute atomic E-state index is 10.9. The molecule has 0 heterocycles. The van der Waals surface area contributed by atoms with E-state index < -0.39 is 5.97 Å². The van der Waals surface area contributed by atoms with E-state index in [0.717, 1.165) is 19.4 Å². The molecule has 0 aromatic rings. The summed E-state index contributed by atoms with van der Waals surface area (Å²) in [4.78, 5) is 23.3. The van der Waals surface area contributed by atoms with Gasteiger partial charge in [-0.2, -0.15) is 0 Å². The Morgan fingerprint density at radius 1 is 1.44 bits per heavy atom. The lowest BCUT2D eigenvalue weighted by atomic mass is 10.1. The highest BCUT2D eigenvalue weighted by atomic mass is 16.4. The SMILES string of the molecule is CCCCN(CC(N)=O)C(C)CCC(=O)O. The smallest absolute Gasteiger partial charge is 0.303 e. The largest absolute Gasteiger partial charge is 0.481 e. The van der Waals surface area contributed by atoms with Crippen molar-refractivity contribution < 1.29 is 14.7 Å². The van der Waals surface area contributed by atoms with Gasteiger partial charge in [0.25, 0.3) is 0 Å². The summed E-state index contributed by atoms with van der Waals surface area (Å²) in [5.74, 6) is -1.17. The van der Waals surface area contributed by atoms with Crippen LogP contribution >= 0.6 is 0 Å². The molecule has 0 spiro atoms. The van der Waals surface area contributed by atoms with Crippen molar-refractivity contribution in [3.05, 3.63) is 0 Å². The topological polar surface area (TPSA) is 83.6 Å². The first-order valence-corrected chi connectivity index (χ1v) is 5.71. The molecule has 3 N–H and O–H groups in total. The number of unbranched alkanes of at least 4 members (excludes halogenated alkanes) is 1. The predicted octanol–water partition coefficient (Wildman–Crippen LogP) is 0.827. The summed E-state index contributed by atoms with van der Waals surface area (Å²) in [5, 5.41) is 8.59. The number of primary amides is 1. The second-order valence-corrected chi connectivity index (χ2v) is 4.07. The number of carboxylic acids is 1. The molecule has 0 radical (unpaired) electrons. The standard InChI is InChI=1S/C11H22N2O3/c1-3-4-7-13(8-10(12)14)9(2)5-6-11(15)16/h9H,3-8H2,1-2H3,(H2,12,14)(H,15,16). The van der Waals surface area contributed by atoms with Crippen LogP contribution in [0.15, 0.2) is 0 Å². The van der Waals surface area contributed by atoms with E-state index >= 15 is 0 Å². The average Bonchev–Trinajstić information content (AvgIpc) is 2.20. The van der Waals surface area contributed by atoms with Crippen molar-refractivity contribution in [2.24, 2.45) is 5.73 Å². The number of hydrogen-bond acceptors (Lipinski definition) is 3. The van der Waals surface area contributed by atoms with Crippen molar-refractivity contribution in [3.8, 4) is 0 Å². The van der Waals surface area contributed by atoms with Crippen LogP contribution in [0, 0.1) is 0 Å². The van der Waals surface area contributed by atoms with Crippen LogP contribution < -0.4 is 5.73 Å². The summed E-state index contributed by atoms with van der Waals surface area (Å²) < 4.78 is 0. The van der Waals surface area contributed by atoms with E-state index in [-0.39, 0.29) is 24.9 Å². The molecule has 0 saturated heterocycles. The summed E-state index contributed by atoms with van der Waals surface area (Å²) >= 11 is 0. The zero-order valence-corrected chi connectivity index (χ0v) is 10.1. The van der Waals surface area contributed by atoms with Crippen molar-refractivity contribution in [3.63, 3.8) is 0 Å². The lowest BCUT2D eigenvalue weighted by Crippen LogP contribution is -2.40. The number of carbonyl (C=O) groups is 2. The van der Waals surface area contributed by atoms with Gasteiger partial charge >= 0.3 is 5.97 Å². The average molecular weight is 230 g/mol. The van der Waals surface area contributed by atoms with Crippen LogP contribution in [-0.2, 0) is 9.59 Å². The molecule has 0 aromatic heterocycles. The van der Waals surface area contributed by atoms with Crippen LogP contribution in [0.5, 0.6) is 0 Å². The molecular weight excluding hydrogens is 208 g/mol. The van der Waals surface area contributed by atoms with Crippen LogP contribution in [0.2, 0.25) is 0 Å². The Hall–Kier alpha value is -1.10. The van der Waals surface area contributed by atoms with E-state index in [4.69, 9.17) is 10.8 Å².